The minimum absolute atomic E-state index is 0.0329. The topological polar surface area (TPSA) is 151 Å². The molecule has 2 heterocycles. The zero-order chi connectivity index (χ0) is 26.5. The number of methoxy groups -OCH3 is 1. The number of likely N-dealkylation sites (tertiary alicyclic amines) is 1. The first-order valence-corrected chi connectivity index (χ1v) is 11.4. The number of nitriles is 1. The Morgan fingerprint density at radius 1 is 1.27 bits per heavy atom. The van der Waals surface area contributed by atoms with Crippen molar-refractivity contribution in [3.8, 4) is 34.2 Å². The van der Waals surface area contributed by atoms with Crippen molar-refractivity contribution >= 4 is 23.5 Å². The predicted molar refractivity (Wildman–Crippen MR) is 133 cm³/mol. The molecule has 0 aliphatic carbocycles. The van der Waals surface area contributed by atoms with Gasteiger partial charge in [0.1, 0.15) is 35.1 Å². The molecule has 1 aliphatic rings. The predicted octanol–water partition coefficient (Wildman–Crippen LogP) is 4.07. The summed E-state index contributed by atoms with van der Waals surface area (Å²) in [6, 6.07) is 13.6. The van der Waals surface area contributed by atoms with E-state index in [0.717, 1.165) is 4.90 Å². The highest BCUT2D eigenvalue weighted by molar-refractivity contribution is 5.97. The second kappa shape index (κ2) is 10.9. The maximum atomic E-state index is 13.9. The molecule has 3 aromatic rings. The van der Waals surface area contributed by atoms with Crippen molar-refractivity contribution < 1.29 is 28.6 Å². The lowest BCUT2D eigenvalue weighted by Crippen LogP contribution is -2.42. The molecule has 0 radical (unpaired) electrons. The van der Waals surface area contributed by atoms with Crippen molar-refractivity contribution in [2.45, 2.75) is 18.9 Å². The average Bonchev–Trinajstić information content (AvgIpc) is 3.38. The van der Waals surface area contributed by atoms with E-state index in [4.69, 9.17) is 15.2 Å². The van der Waals surface area contributed by atoms with Crippen LogP contribution in [0.5, 0.6) is 5.75 Å². The zero-order valence-electron chi connectivity index (χ0n) is 19.9. The highest BCUT2D eigenvalue weighted by Crippen LogP contribution is 2.36. The van der Waals surface area contributed by atoms with E-state index >= 15 is 0 Å². The second-order valence-electron chi connectivity index (χ2n) is 8.32. The molecule has 1 fully saturated rings. The van der Waals surface area contributed by atoms with E-state index < -0.39 is 23.9 Å². The van der Waals surface area contributed by atoms with Crippen LogP contribution in [0.2, 0.25) is 0 Å². The smallest absolute Gasteiger partial charge is 0.407 e. The van der Waals surface area contributed by atoms with Gasteiger partial charge in [-0.2, -0.15) is 5.26 Å². The molecule has 4 N–H and O–H groups in total. The van der Waals surface area contributed by atoms with E-state index in [1.165, 1.54) is 25.3 Å². The van der Waals surface area contributed by atoms with Gasteiger partial charge in [-0.05, 0) is 48.7 Å². The number of ether oxygens (including phenoxy) is 2. The number of nitrogens with two attached hydrogens (primary N) is 1. The van der Waals surface area contributed by atoms with Crippen LogP contribution in [0.4, 0.5) is 20.7 Å². The van der Waals surface area contributed by atoms with Gasteiger partial charge in [-0.1, -0.05) is 12.1 Å². The summed E-state index contributed by atoms with van der Waals surface area (Å²) in [5.74, 6) is -0.790. The van der Waals surface area contributed by atoms with Crippen LogP contribution in [0.3, 0.4) is 0 Å². The van der Waals surface area contributed by atoms with Crippen LogP contribution in [0.1, 0.15) is 18.4 Å². The van der Waals surface area contributed by atoms with Gasteiger partial charge in [0.05, 0.1) is 5.69 Å². The molecule has 1 saturated heterocycles. The van der Waals surface area contributed by atoms with Crippen LogP contribution < -0.4 is 15.8 Å². The average molecular weight is 506 g/mol. The molecule has 10 nitrogen and oxygen atoms in total. The van der Waals surface area contributed by atoms with Gasteiger partial charge >= 0.3 is 6.09 Å². The number of hydrogen-bond donors (Lipinski definition) is 3. The van der Waals surface area contributed by atoms with Crippen LogP contribution in [0.15, 0.2) is 48.5 Å². The summed E-state index contributed by atoms with van der Waals surface area (Å²) in [7, 11) is 1.44. The lowest BCUT2D eigenvalue weighted by Gasteiger charge is -2.21. The summed E-state index contributed by atoms with van der Waals surface area (Å²) in [6.07, 6.45) is -0.0974. The molecular weight excluding hydrogens is 481 g/mol. The number of benzene rings is 2. The minimum atomic E-state index is -1.14. The Morgan fingerprint density at radius 3 is 2.81 bits per heavy atom. The van der Waals surface area contributed by atoms with Crippen LogP contribution in [-0.4, -0.2) is 53.5 Å². The van der Waals surface area contributed by atoms with Crippen molar-refractivity contribution in [2.75, 3.05) is 31.5 Å². The highest BCUT2D eigenvalue weighted by Gasteiger charge is 2.34. The normalized spacial score (nSPS) is 14.7. The van der Waals surface area contributed by atoms with E-state index in [9.17, 15) is 24.3 Å². The molecule has 2 amide bonds. The van der Waals surface area contributed by atoms with Crippen molar-refractivity contribution in [2.24, 2.45) is 0 Å². The third-order valence-electron chi connectivity index (χ3n) is 5.95. The van der Waals surface area contributed by atoms with E-state index in [-0.39, 0.29) is 23.9 Å². The molecule has 4 rings (SSSR count). The van der Waals surface area contributed by atoms with Crippen LogP contribution >= 0.6 is 0 Å². The third kappa shape index (κ3) is 5.44. The monoisotopic (exact) mass is 505 g/mol. The van der Waals surface area contributed by atoms with Crippen molar-refractivity contribution in [1.82, 2.24) is 9.88 Å². The number of aromatic nitrogens is 1. The van der Waals surface area contributed by atoms with Crippen molar-refractivity contribution in [3.63, 3.8) is 0 Å². The van der Waals surface area contributed by atoms with E-state index in [1.807, 2.05) is 0 Å². The first kappa shape index (κ1) is 25.4. The number of carbonyl (C=O) groups is 2. The van der Waals surface area contributed by atoms with E-state index in [1.54, 1.807) is 30.3 Å². The molecule has 2 aromatic carbocycles. The van der Waals surface area contributed by atoms with Gasteiger partial charge in [0.15, 0.2) is 6.79 Å². The minimum Gasteiger partial charge on any atom is -0.467 e. The summed E-state index contributed by atoms with van der Waals surface area (Å²) >= 11 is 0. The maximum Gasteiger partial charge on any atom is 0.407 e. The number of pyridine rings is 1. The summed E-state index contributed by atoms with van der Waals surface area (Å²) in [6.45, 7) is 0.189. The molecule has 190 valence electrons. The molecule has 1 aliphatic heterocycles. The Morgan fingerprint density at radius 2 is 2.08 bits per heavy atom. The van der Waals surface area contributed by atoms with Crippen LogP contribution in [0.25, 0.3) is 22.4 Å². The van der Waals surface area contributed by atoms with Crippen molar-refractivity contribution in [3.05, 3.63) is 59.9 Å². The summed E-state index contributed by atoms with van der Waals surface area (Å²) in [5.41, 5.74) is 8.46. The summed E-state index contributed by atoms with van der Waals surface area (Å²) < 4.78 is 24.3. The van der Waals surface area contributed by atoms with E-state index in [2.05, 4.69) is 16.4 Å². The molecule has 11 heteroatoms. The molecule has 0 unspecified atom stereocenters. The summed E-state index contributed by atoms with van der Waals surface area (Å²) in [5, 5.41) is 21.9. The number of rotatable bonds is 7. The molecule has 0 saturated carbocycles. The highest BCUT2D eigenvalue weighted by atomic mass is 19.1. The number of nitrogens with one attached hydrogen (secondary N) is 1. The Hall–Kier alpha value is -4.69. The fourth-order valence-electron chi connectivity index (χ4n) is 4.26. The number of nitrogen functional groups attached to an aromatic ring is 1. The first-order chi connectivity index (χ1) is 17.8. The van der Waals surface area contributed by atoms with Gasteiger partial charge in [0, 0.05) is 36.5 Å². The first-order valence-electron chi connectivity index (χ1n) is 11.4. The summed E-state index contributed by atoms with van der Waals surface area (Å²) in [4.78, 5) is 29.7. The molecule has 37 heavy (non-hydrogen) atoms. The number of hydrogen-bond acceptors (Lipinski definition) is 7. The largest absolute Gasteiger partial charge is 0.467 e. The number of nitrogens with zero attached hydrogens (tertiary/aromatic N) is 3. The molecule has 0 spiro atoms. The van der Waals surface area contributed by atoms with Gasteiger partial charge in [0.2, 0.25) is 5.91 Å². The maximum absolute atomic E-state index is 13.9. The standard InChI is InChI=1S/C26H24FN5O5/c1-36-14-37-23-11-16(27)7-8-18(23)21-12-19(20(13-28)24(29)31-21)15-4-2-5-17(10-15)30-25(33)22-6-3-9-32(22)26(34)35/h2,4-5,7-8,10-12,22H,3,6,9,14H2,1H3,(H2,29,31)(H,30,33)(H,34,35)/t22-/m1/s1. The fourth-order valence-corrected chi connectivity index (χ4v) is 4.26. The quantitative estimate of drug-likeness (QED) is 0.407. The van der Waals surface area contributed by atoms with Gasteiger partial charge in [-0.15, -0.1) is 0 Å². The Labute approximate surface area is 212 Å². The van der Waals surface area contributed by atoms with Gasteiger partial charge in [0.25, 0.3) is 0 Å². The SMILES string of the molecule is COCOc1cc(F)ccc1-c1cc(-c2cccc(NC(=O)[C@H]3CCCN3C(=O)O)c2)c(C#N)c(N)n1. The third-order valence-corrected chi connectivity index (χ3v) is 5.95. The molecule has 1 atom stereocenters. The number of amides is 2. The van der Waals surface area contributed by atoms with Gasteiger partial charge < -0.3 is 25.6 Å². The fraction of sp³-hybridized carbons (Fsp3) is 0.231. The van der Waals surface area contributed by atoms with Crippen LogP contribution in [-0.2, 0) is 9.53 Å². The lowest BCUT2D eigenvalue weighted by molar-refractivity contribution is -0.119. The Bertz CT molecular complexity index is 1390. The molecule has 0 bridgehead atoms. The number of carboxylic acid groups (broad SMARTS) is 1. The van der Waals surface area contributed by atoms with E-state index in [0.29, 0.717) is 47.5 Å². The van der Waals surface area contributed by atoms with Crippen molar-refractivity contribution in [1.29, 1.82) is 5.26 Å². The lowest BCUT2D eigenvalue weighted by atomic mass is 9.97. The zero-order valence-corrected chi connectivity index (χ0v) is 19.9. The van der Waals surface area contributed by atoms with Gasteiger partial charge in [-0.3, -0.25) is 9.69 Å². The Kier molecular flexibility index (Phi) is 7.50. The second-order valence-corrected chi connectivity index (χ2v) is 8.32. The van der Waals surface area contributed by atoms with Gasteiger partial charge in [-0.25, -0.2) is 14.2 Å². The van der Waals surface area contributed by atoms with Crippen LogP contribution in [0, 0.1) is 17.1 Å². The number of halogens is 1. The Balaban J connectivity index is 1.71. The molecule has 1 aromatic heterocycles. The number of anilines is 2. The molecular formula is C26H24FN5O5. The number of carbonyl (C=O) groups excluding carboxylic acids is 1.